The van der Waals surface area contributed by atoms with E-state index in [0.29, 0.717) is 10.7 Å². The molecule has 1 aromatic rings. The second-order valence-electron chi connectivity index (χ2n) is 4.54. The van der Waals surface area contributed by atoms with Crippen molar-refractivity contribution >= 4 is 15.9 Å². The standard InChI is InChI=1S/C13H15BrO/c14-11-5-4-10(8-11)12-3-1-2-9-6-7-15-13(9)12/h1-3,10-11H,4-8H2. The van der Waals surface area contributed by atoms with Crippen molar-refractivity contribution < 1.29 is 4.74 Å². The molecular formula is C13H15BrO. The SMILES string of the molecule is BrC1CCC(c2cccc3c2OCC3)C1. The minimum atomic E-state index is 0.708. The van der Waals surface area contributed by atoms with E-state index < -0.39 is 0 Å². The maximum absolute atomic E-state index is 5.76. The van der Waals surface area contributed by atoms with Crippen molar-refractivity contribution in [1.82, 2.24) is 0 Å². The van der Waals surface area contributed by atoms with Gasteiger partial charge in [-0.15, -0.1) is 0 Å². The first-order valence-electron chi connectivity index (χ1n) is 5.73. The number of benzene rings is 1. The molecule has 1 aliphatic heterocycles. The number of alkyl halides is 1. The quantitative estimate of drug-likeness (QED) is 0.706. The van der Waals surface area contributed by atoms with Crippen LogP contribution < -0.4 is 4.74 Å². The average Bonchev–Trinajstić information content (AvgIpc) is 2.84. The van der Waals surface area contributed by atoms with Gasteiger partial charge in [0.15, 0.2) is 0 Å². The third kappa shape index (κ3) is 1.69. The van der Waals surface area contributed by atoms with Crippen LogP contribution in [0.4, 0.5) is 0 Å². The predicted octanol–water partition coefficient (Wildman–Crippen LogP) is 3.65. The first kappa shape index (κ1) is 9.71. The Morgan fingerprint density at radius 1 is 1.27 bits per heavy atom. The Bertz CT molecular complexity index is 375. The maximum atomic E-state index is 5.76. The molecule has 1 aliphatic carbocycles. The second kappa shape index (κ2) is 3.82. The van der Waals surface area contributed by atoms with Crippen LogP contribution in [0, 0.1) is 0 Å². The summed E-state index contributed by atoms with van der Waals surface area (Å²) in [5.74, 6) is 1.91. The van der Waals surface area contributed by atoms with Crippen molar-refractivity contribution in [3.63, 3.8) is 0 Å². The third-order valence-electron chi connectivity index (χ3n) is 3.55. The van der Waals surface area contributed by atoms with Crippen LogP contribution >= 0.6 is 15.9 Å². The molecule has 0 N–H and O–H groups in total. The predicted molar refractivity (Wildman–Crippen MR) is 64.9 cm³/mol. The average molecular weight is 267 g/mol. The molecule has 2 heteroatoms. The first-order valence-corrected chi connectivity index (χ1v) is 6.65. The van der Waals surface area contributed by atoms with E-state index in [-0.39, 0.29) is 0 Å². The highest BCUT2D eigenvalue weighted by molar-refractivity contribution is 9.09. The van der Waals surface area contributed by atoms with Crippen LogP contribution in [0.5, 0.6) is 5.75 Å². The second-order valence-corrected chi connectivity index (χ2v) is 5.84. The van der Waals surface area contributed by atoms with Crippen LogP contribution in [0.15, 0.2) is 18.2 Å². The number of fused-ring (bicyclic) bond motifs is 1. The summed E-state index contributed by atoms with van der Waals surface area (Å²) < 4.78 is 5.76. The fraction of sp³-hybridized carbons (Fsp3) is 0.538. The Morgan fingerprint density at radius 3 is 3.00 bits per heavy atom. The molecule has 15 heavy (non-hydrogen) atoms. The van der Waals surface area contributed by atoms with Gasteiger partial charge in [0.25, 0.3) is 0 Å². The van der Waals surface area contributed by atoms with Crippen LogP contribution in [-0.2, 0) is 6.42 Å². The Balaban J connectivity index is 1.95. The Morgan fingerprint density at radius 2 is 2.20 bits per heavy atom. The van der Waals surface area contributed by atoms with Gasteiger partial charge < -0.3 is 4.74 Å². The zero-order valence-electron chi connectivity index (χ0n) is 8.71. The number of hydrogen-bond donors (Lipinski definition) is 0. The summed E-state index contributed by atoms with van der Waals surface area (Å²) in [6, 6.07) is 6.64. The lowest BCUT2D eigenvalue weighted by Crippen LogP contribution is -1.97. The van der Waals surface area contributed by atoms with E-state index >= 15 is 0 Å². The molecule has 1 aromatic carbocycles. The van der Waals surface area contributed by atoms with Crippen molar-refractivity contribution in [3.05, 3.63) is 29.3 Å². The molecule has 2 unspecified atom stereocenters. The van der Waals surface area contributed by atoms with Crippen molar-refractivity contribution in [3.8, 4) is 5.75 Å². The normalized spacial score (nSPS) is 28.9. The van der Waals surface area contributed by atoms with Crippen molar-refractivity contribution in [2.24, 2.45) is 0 Å². The Hall–Kier alpha value is -0.500. The smallest absolute Gasteiger partial charge is 0.126 e. The lowest BCUT2D eigenvalue weighted by atomic mass is 9.95. The van der Waals surface area contributed by atoms with E-state index in [4.69, 9.17) is 4.74 Å². The number of hydrogen-bond acceptors (Lipinski definition) is 1. The summed E-state index contributed by atoms with van der Waals surface area (Å²) in [5, 5.41) is 0. The largest absolute Gasteiger partial charge is 0.493 e. The summed E-state index contributed by atoms with van der Waals surface area (Å²) in [6.07, 6.45) is 4.96. The van der Waals surface area contributed by atoms with Gasteiger partial charge in [0, 0.05) is 11.2 Å². The lowest BCUT2D eigenvalue weighted by molar-refractivity contribution is 0.351. The molecule has 2 atom stereocenters. The van der Waals surface area contributed by atoms with Gasteiger partial charge in [-0.2, -0.15) is 0 Å². The van der Waals surface area contributed by atoms with Gasteiger partial charge in [0.1, 0.15) is 5.75 Å². The van der Waals surface area contributed by atoms with Gasteiger partial charge in [-0.3, -0.25) is 0 Å². The van der Waals surface area contributed by atoms with Crippen molar-refractivity contribution in [2.75, 3.05) is 6.61 Å². The highest BCUT2D eigenvalue weighted by atomic mass is 79.9. The van der Waals surface area contributed by atoms with E-state index in [1.807, 2.05) is 0 Å². The topological polar surface area (TPSA) is 9.23 Å². The van der Waals surface area contributed by atoms with E-state index in [2.05, 4.69) is 34.1 Å². The van der Waals surface area contributed by atoms with Crippen molar-refractivity contribution in [2.45, 2.75) is 36.4 Å². The molecule has 1 heterocycles. The molecular weight excluding hydrogens is 252 g/mol. The molecule has 0 radical (unpaired) electrons. The molecule has 2 aliphatic rings. The van der Waals surface area contributed by atoms with Crippen LogP contribution in [0.2, 0.25) is 0 Å². The number of ether oxygens (including phenoxy) is 1. The molecule has 1 saturated carbocycles. The molecule has 0 spiro atoms. The summed E-state index contributed by atoms with van der Waals surface area (Å²) in [4.78, 5) is 0.708. The highest BCUT2D eigenvalue weighted by Gasteiger charge is 2.28. The van der Waals surface area contributed by atoms with Gasteiger partial charge in [0.05, 0.1) is 6.61 Å². The highest BCUT2D eigenvalue weighted by Crippen LogP contribution is 2.43. The fourth-order valence-corrected chi connectivity index (χ4v) is 3.49. The first-order chi connectivity index (χ1) is 7.34. The number of para-hydroxylation sites is 1. The number of halogens is 1. The van der Waals surface area contributed by atoms with E-state index in [0.717, 1.165) is 13.0 Å². The minimum absolute atomic E-state index is 0.708. The summed E-state index contributed by atoms with van der Waals surface area (Å²) in [6.45, 7) is 0.872. The molecule has 0 amide bonds. The zero-order valence-corrected chi connectivity index (χ0v) is 10.3. The third-order valence-corrected chi connectivity index (χ3v) is 4.38. The van der Waals surface area contributed by atoms with Gasteiger partial charge in [-0.25, -0.2) is 0 Å². The molecule has 80 valence electrons. The van der Waals surface area contributed by atoms with E-state index in [1.54, 1.807) is 0 Å². The van der Waals surface area contributed by atoms with Crippen LogP contribution in [-0.4, -0.2) is 11.4 Å². The van der Waals surface area contributed by atoms with Crippen molar-refractivity contribution in [1.29, 1.82) is 0 Å². The monoisotopic (exact) mass is 266 g/mol. The maximum Gasteiger partial charge on any atom is 0.126 e. The van der Waals surface area contributed by atoms with Gasteiger partial charge in [-0.1, -0.05) is 34.1 Å². The Labute approximate surface area is 99.0 Å². The van der Waals surface area contributed by atoms with Gasteiger partial charge >= 0.3 is 0 Å². The molecule has 0 bridgehead atoms. The molecule has 0 saturated heterocycles. The van der Waals surface area contributed by atoms with Crippen LogP contribution in [0.3, 0.4) is 0 Å². The lowest BCUT2D eigenvalue weighted by Gasteiger charge is -2.13. The van der Waals surface area contributed by atoms with Gasteiger partial charge in [0.2, 0.25) is 0 Å². The molecule has 0 aromatic heterocycles. The summed E-state index contributed by atoms with van der Waals surface area (Å²) in [7, 11) is 0. The Kier molecular flexibility index (Phi) is 2.47. The summed E-state index contributed by atoms with van der Waals surface area (Å²) >= 11 is 3.72. The summed E-state index contributed by atoms with van der Waals surface area (Å²) in [5.41, 5.74) is 2.86. The number of rotatable bonds is 1. The van der Waals surface area contributed by atoms with Gasteiger partial charge in [-0.05, 0) is 36.3 Å². The van der Waals surface area contributed by atoms with E-state index in [1.165, 1.54) is 36.1 Å². The van der Waals surface area contributed by atoms with E-state index in [9.17, 15) is 0 Å². The molecule has 1 nitrogen and oxygen atoms in total. The fourth-order valence-electron chi connectivity index (χ4n) is 2.77. The molecule has 1 fully saturated rings. The zero-order chi connectivity index (χ0) is 10.3. The molecule has 3 rings (SSSR count). The van der Waals surface area contributed by atoms with Crippen LogP contribution in [0.25, 0.3) is 0 Å². The van der Waals surface area contributed by atoms with Crippen LogP contribution in [0.1, 0.15) is 36.3 Å². The minimum Gasteiger partial charge on any atom is -0.493 e.